The fourth-order valence-corrected chi connectivity index (χ4v) is 1.33. The van der Waals surface area contributed by atoms with Crippen molar-refractivity contribution in [3.63, 3.8) is 0 Å². The van der Waals surface area contributed by atoms with Gasteiger partial charge in [0, 0.05) is 6.26 Å². The number of halogens is 1. The Morgan fingerprint density at radius 1 is 1.43 bits per heavy atom. The monoisotopic (exact) mass is 238 g/mol. The minimum Gasteiger partial charge on any atom is -0.338 e. The molecule has 7 heteroatoms. The molecule has 0 saturated heterocycles. The summed E-state index contributed by atoms with van der Waals surface area (Å²) in [6.45, 7) is 3.17. The lowest BCUT2D eigenvalue weighted by atomic mass is 10.4. The van der Waals surface area contributed by atoms with Gasteiger partial charge in [-0.3, -0.25) is 0 Å². The maximum Gasteiger partial charge on any atom is 0.244 e. The van der Waals surface area contributed by atoms with E-state index in [1.807, 2.05) is 0 Å². The van der Waals surface area contributed by atoms with Crippen molar-refractivity contribution in [1.82, 2.24) is 10.1 Å². The zero-order valence-electron chi connectivity index (χ0n) is 8.06. The summed E-state index contributed by atoms with van der Waals surface area (Å²) in [4.78, 5) is 3.89. The third-order valence-corrected chi connectivity index (χ3v) is 3.49. The average molecular weight is 239 g/mol. The van der Waals surface area contributed by atoms with Crippen molar-refractivity contribution in [2.24, 2.45) is 0 Å². The summed E-state index contributed by atoms with van der Waals surface area (Å²) < 4.78 is 27.1. The second-order valence-corrected chi connectivity index (χ2v) is 6.10. The first-order valence-electron chi connectivity index (χ1n) is 3.99. The van der Waals surface area contributed by atoms with E-state index in [4.69, 9.17) is 16.1 Å². The number of sulfone groups is 1. The molecule has 1 rings (SSSR count). The molecule has 0 aliphatic rings. The highest BCUT2D eigenvalue weighted by Crippen LogP contribution is 2.22. The number of alkyl halides is 1. The van der Waals surface area contributed by atoms with E-state index in [-0.39, 0.29) is 11.7 Å². The van der Waals surface area contributed by atoms with Crippen LogP contribution in [-0.4, -0.2) is 24.8 Å². The second-order valence-electron chi connectivity index (χ2n) is 3.08. The van der Waals surface area contributed by atoms with Gasteiger partial charge in [0.2, 0.25) is 5.89 Å². The Hall–Kier alpha value is -0.620. The fourth-order valence-electron chi connectivity index (χ4n) is 0.765. The van der Waals surface area contributed by atoms with Crippen molar-refractivity contribution in [3.8, 4) is 0 Å². The van der Waals surface area contributed by atoms with Gasteiger partial charge in [-0.2, -0.15) is 4.98 Å². The lowest BCUT2D eigenvalue weighted by Crippen LogP contribution is -2.09. The lowest BCUT2D eigenvalue weighted by molar-refractivity contribution is 0.373. The van der Waals surface area contributed by atoms with Gasteiger partial charge in [0.1, 0.15) is 10.6 Å². The number of hydrogen-bond acceptors (Lipinski definition) is 5. The lowest BCUT2D eigenvalue weighted by Gasteiger charge is -2.01. The van der Waals surface area contributed by atoms with Crippen LogP contribution in [0.4, 0.5) is 0 Å². The van der Waals surface area contributed by atoms with Crippen molar-refractivity contribution in [2.45, 2.75) is 24.5 Å². The predicted molar refractivity (Wildman–Crippen MR) is 51.8 cm³/mol. The van der Waals surface area contributed by atoms with E-state index in [0.717, 1.165) is 6.26 Å². The largest absolute Gasteiger partial charge is 0.338 e. The highest BCUT2D eigenvalue weighted by atomic mass is 35.5. The van der Waals surface area contributed by atoms with E-state index >= 15 is 0 Å². The summed E-state index contributed by atoms with van der Waals surface area (Å²) in [7, 11) is -3.20. The first kappa shape index (κ1) is 11.5. The molecule has 80 valence electrons. The van der Waals surface area contributed by atoms with Crippen LogP contribution in [0.15, 0.2) is 4.52 Å². The van der Waals surface area contributed by atoms with Crippen LogP contribution in [0.1, 0.15) is 36.2 Å². The molecule has 0 spiro atoms. The van der Waals surface area contributed by atoms with Gasteiger partial charge in [0.25, 0.3) is 0 Å². The number of rotatable bonds is 3. The van der Waals surface area contributed by atoms with Crippen LogP contribution in [-0.2, 0) is 9.84 Å². The molecule has 1 aromatic rings. The molecule has 0 radical (unpaired) electrons. The molecule has 0 amide bonds. The molecule has 2 atom stereocenters. The van der Waals surface area contributed by atoms with E-state index in [2.05, 4.69) is 10.1 Å². The standard InChI is InChI=1S/C7H11ClN2O3S/c1-4(8)7-9-6(10-13-7)5(2)14(3,11)12/h4-5H,1-3H3. The van der Waals surface area contributed by atoms with Crippen molar-refractivity contribution in [2.75, 3.05) is 6.26 Å². The van der Waals surface area contributed by atoms with E-state index in [1.54, 1.807) is 6.92 Å². The van der Waals surface area contributed by atoms with Gasteiger partial charge >= 0.3 is 0 Å². The smallest absolute Gasteiger partial charge is 0.244 e. The number of hydrogen-bond donors (Lipinski definition) is 0. The Morgan fingerprint density at radius 3 is 2.36 bits per heavy atom. The SMILES string of the molecule is CC(Cl)c1nc(C(C)S(C)(=O)=O)no1. The molecule has 0 bridgehead atoms. The summed E-state index contributed by atoms with van der Waals surface area (Å²) >= 11 is 5.69. The predicted octanol–water partition coefficient (Wildman–Crippen LogP) is 1.48. The Labute approximate surface area is 87.4 Å². The molecule has 2 unspecified atom stereocenters. The Kier molecular flexibility index (Phi) is 3.16. The minimum atomic E-state index is -3.20. The summed E-state index contributed by atoms with van der Waals surface area (Å²) in [5, 5.41) is 2.37. The van der Waals surface area contributed by atoms with Crippen molar-refractivity contribution in [1.29, 1.82) is 0 Å². The molecular weight excluding hydrogens is 228 g/mol. The summed E-state index contributed by atoms with van der Waals surface area (Å²) in [6, 6.07) is 0. The van der Waals surface area contributed by atoms with Crippen LogP contribution >= 0.6 is 11.6 Å². The van der Waals surface area contributed by atoms with Crippen LogP contribution in [0.3, 0.4) is 0 Å². The van der Waals surface area contributed by atoms with Gasteiger partial charge in [-0.15, -0.1) is 11.6 Å². The molecule has 1 heterocycles. The summed E-state index contributed by atoms with van der Waals surface area (Å²) in [5.74, 6) is 0.382. The minimum absolute atomic E-state index is 0.148. The highest BCUT2D eigenvalue weighted by Gasteiger charge is 2.23. The molecule has 0 N–H and O–H groups in total. The second kappa shape index (κ2) is 3.86. The maximum atomic E-state index is 11.2. The van der Waals surface area contributed by atoms with E-state index < -0.39 is 20.5 Å². The number of aromatic nitrogens is 2. The van der Waals surface area contributed by atoms with Gasteiger partial charge in [-0.1, -0.05) is 5.16 Å². The normalized spacial score (nSPS) is 16.6. The molecule has 5 nitrogen and oxygen atoms in total. The van der Waals surface area contributed by atoms with Gasteiger partial charge in [0.15, 0.2) is 15.7 Å². The van der Waals surface area contributed by atoms with Crippen molar-refractivity contribution < 1.29 is 12.9 Å². The van der Waals surface area contributed by atoms with E-state index in [1.165, 1.54) is 6.92 Å². The topological polar surface area (TPSA) is 73.1 Å². The zero-order chi connectivity index (χ0) is 10.9. The quantitative estimate of drug-likeness (QED) is 0.746. The number of nitrogens with zero attached hydrogens (tertiary/aromatic N) is 2. The molecule has 0 aliphatic heterocycles. The van der Waals surface area contributed by atoms with E-state index in [0.29, 0.717) is 0 Å². The molecule has 0 aliphatic carbocycles. The third-order valence-electron chi connectivity index (χ3n) is 1.80. The van der Waals surface area contributed by atoms with Crippen molar-refractivity contribution in [3.05, 3.63) is 11.7 Å². The maximum absolute atomic E-state index is 11.2. The molecule has 0 aromatic carbocycles. The molecule has 0 saturated carbocycles. The fraction of sp³-hybridized carbons (Fsp3) is 0.714. The van der Waals surface area contributed by atoms with E-state index in [9.17, 15) is 8.42 Å². The molecule has 0 fully saturated rings. The molecule has 14 heavy (non-hydrogen) atoms. The van der Waals surface area contributed by atoms with Gasteiger partial charge in [-0.25, -0.2) is 8.42 Å². The van der Waals surface area contributed by atoms with Crippen LogP contribution < -0.4 is 0 Å². The average Bonchev–Trinajstić information content (AvgIpc) is 2.48. The van der Waals surface area contributed by atoms with Gasteiger partial charge < -0.3 is 4.52 Å². The van der Waals surface area contributed by atoms with Crippen molar-refractivity contribution >= 4 is 21.4 Å². The highest BCUT2D eigenvalue weighted by molar-refractivity contribution is 7.90. The Bertz CT molecular complexity index is 412. The van der Waals surface area contributed by atoms with Gasteiger partial charge in [-0.05, 0) is 13.8 Å². The zero-order valence-corrected chi connectivity index (χ0v) is 9.63. The van der Waals surface area contributed by atoms with Crippen LogP contribution in [0.5, 0.6) is 0 Å². The molecule has 1 aromatic heterocycles. The Morgan fingerprint density at radius 2 is 2.00 bits per heavy atom. The molecular formula is C7H11ClN2O3S. The van der Waals surface area contributed by atoms with Crippen LogP contribution in [0, 0.1) is 0 Å². The van der Waals surface area contributed by atoms with Crippen LogP contribution in [0.2, 0.25) is 0 Å². The van der Waals surface area contributed by atoms with Crippen LogP contribution in [0.25, 0.3) is 0 Å². The first-order valence-corrected chi connectivity index (χ1v) is 6.38. The summed E-state index contributed by atoms with van der Waals surface area (Å²) in [5.41, 5.74) is 0. The third kappa shape index (κ3) is 2.45. The Balaban J connectivity index is 2.98. The summed E-state index contributed by atoms with van der Waals surface area (Å²) in [6.07, 6.45) is 1.12. The van der Waals surface area contributed by atoms with Gasteiger partial charge in [0.05, 0.1) is 0 Å². The first-order chi connectivity index (χ1) is 6.32.